The van der Waals surface area contributed by atoms with Gasteiger partial charge in [-0.25, -0.2) is 0 Å². The van der Waals surface area contributed by atoms with Gasteiger partial charge in [0, 0.05) is 61.4 Å². The summed E-state index contributed by atoms with van der Waals surface area (Å²) in [6.07, 6.45) is 0. The molecular formula is H3GaSe2Tl. The van der Waals surface area contributed by atoms with E-state index in [0.717, 1.165) is 0 Å². The molecule has 0 rings (SSSR count). The van der Waals surface area contributed by atoms with Gasteiger partial charge in [0.1, 0.15) is 0 Å². The Labute approximate surface area is 80.0 Å². The molecule has 5 radical (unpaired) electrons. The van der Waals surface area contributed by atoms with Gasteiger partial charge in [0.05, 0.1) is 0 Å². The predicted octanol–water partition coefficient (Wildman–Crippen LogP) is -2.33. The van der Waals surface area contributed by atoms with Crippen LogP contribution in [0.1, 0.15) is 0 Å². The van der Waals surface area contributed by atoms with Gasteiger partial charge >= 0.3 is 19.8 Å². The first-order chi connectivity index (χ1) is 0. The maximum Gasteiger partial charge on any atom is 0 e. The number of rotatable bonds is 0. The second kappa shape index (κ2) is 17.5. The number of hydrogen-bond donors (Lipinski definition) is 0. The van der Waals surface area contributed by atoms with E-state index in [0.29, 0.717) is 0 Å². The Morgan fingerprint density at radius 2 is 0.750 bits per heavy atom. The fraction of sp³-hybridized carbons (Fsp3) is 0. The molecule has 0 aliphatic carbocycles. The smallest absolute Gasteiger partial charge is 0 e. The van der Waals surface area contributed by atoms with E-state index in [1.165, 1.54) is 0 Å². The molecule has 0 N–H and O–H groups in total. The van der Waals surface area contributed by atoms with E-state index in [2.05, 4.69) is 0 Å². The molecule has 0 nitrogen and oxygen atoms in total. The molecule has 0 unspecified atom stereocenters. The molecule has 0 heterocycles. The van der Waals surface area contributed by atoms with Crippen molar-refractivity contribution in [2.75, 3.05) is 0 Å². The third-order valence-electron chi connectivity index (χ3n) is 0. The molecule has 4 heavy (non-hydrogen) atoms. The molecule has 4 heteroatoms. The average molecular weight is 435 g/mol. The van der Waals surface area contributed by atoms with E-state index < -0.39 is 0 Å². The summed E-state index contributed by atoms with van der Waals surface area (Å²) in [5.41, 5.74) is 0. The third kappa shape index (κ3) is 8.82. The molecule has 21 valence electrons. The summed E-state index contributed by atoms with van der Waals surface area (Å²) in [6.45, 7) is 0. The summed E-state index contributed by atoms with van der Waals surface area (Å²) in [4.78, 5) is 0. The van der Waals surface area contributed by atoms with Crippen molar-refractivity contribution in [1.82, 2.24) is 0 Å². The molecule has 0 spiro atoms. The maximum absolute atomic E-state index is 0. The van der Waals surface area contributed by atoms with Gasteiger partial charge in [-0.05, 0) is 0 Å². The van der Waals surface area contributed by atoms with Crippen LogP contribution in [0.2, 0.25) is 0 Å². The van der Waals surface area contributed by atoms with Crippen molar-refractivity contribution in [3.63, 3.8) is 0 Å². The molecular weight excluding hydrogens is 432 g/mol. The topological polar surface area (TPSA) is 0 Å². The second-order valence-electron chi connectivity index (χ2n) is 0. The Bertz CT molecular complexity index is 6.00. The van der Waals surface area contributed by atoms with Gasteiger partial charge in [0.25, 0.3) is 0 Å². The van der Waals surface area contributed by atoms with Crippen molar-refractivity contribution < 1.29 is 0 Å². The van der Waals surface area contributed by atoms with Crippen molar-refractivity contribution in [3.05, 3.63) is 0 Å². The van der Waals surface area contributed by atoms with Crippen LogP contribution in [0.15, 0.2) is 0 Å². The normalized spacial score (nSPS) is 0. The largest absolute Gasteiger partial charge is 0 e. The minimum Gasteiger partial charge on any atom is 0 e. The van der Waals surface area contributed by atoms with Crippen LogP contribution in [0.4, 0.5) is 0 Å². The van der Waals surface area contributed by atoms with Crippen LogP contribution in [0.3, 0.4) is 0 Å². The second-order valence-corrected chi connectivity index (χ2v) is 0. The maximum atomic E-state index is 0. The summed E-state index contributed by atoms with van der Waals surface area (Å²) in [5, 5.41) is 0. The van der Waals surface area contributed by atoms with Crippen LogP contribution in [-0.4, -0.2) is 81.2 Å². The van der Waals surface area contributed by atoms with Gasteiger partial charge < -0.3 is 0 Å². The Kier molecular flexibility index (Phi) is 134. The molecule has 0 saturated heterocycles. The van der Waals surface area contributed by atoms with E-state index in [1.54, 1.807) is 0 Å². The molecule has 0 amide bonds. The average Bonchev–Trinajstić information content (AvgIpc) is 0. The van der Waals surface area contributed by atoms with Crippen LogP contribution >= 0.6 is 0 Å². The molecule has 0 aromatic heterocycles. The van der Waals surface area contributed by atoms with Crippen molar-refractivity contribution in [2.45, 2.75) is 0 Å². The minimum atomic E-state index is 0. The van der Waals surface area contributed by atoms with Gasteiger partial charge in [0.2, 0.25) is 0 Å². The first-order valence-electron chi connectivity index (χ1n) is 0. The SMILES string of the molecule is [GaH3].[Se].[Se].[Tl]. The van der Waals surface area contributed by atoms with E-state index >= 15 is 0 Å². The predicted molar refractivity (Wildman–Crippen MR) is 27.2 cm³/mol. The fourth-order valence-electron chi connectivity index (χ4n) is 0. The Morgan fingerprint density at radius 1 is 0.750 bits per heavy atom. The molecule has 0 saturated carbocycles. The summed E-state index contributed by atoms with van der Waals surface area (Å²) in [6, 6.07) is 0. The van der Waals surface area contributed by atoms with Gasteiger partial charge in [-0.1, -0.05) is 0 Å². The molecule has 0 aliphatic heterocycles. The van der Waals surface area contributed by atoms with Gasteiger partial charge in [-0.15, -0.1) is 0 Å². The summed E-state index contributed by atoms with van der Waals surface area (Å²) in [5.74, 6) is 0. The Hall–Kier alpha value is 2.60. The van der Waals surface area contributed by atoms with E-state index in [9.17, 15) is 0 Å². The molecule has 0 fully saturated rings. The molecule has 0 bridgehead atoms. The number of hydrogen-bond acceptors (Lipinski definition) is 0. The zero-order valence-corrected chi connectivity index (χ0v) is 9.31. The van der Waals surface area contributed by atoms with Crippen molar-refractivity contribution in [2.24, 2.45) is 0 Å². The standard InChI is InChI=1S/Ga.2Se.Tl.3H. The first-order valence-corrected chi connectivity index (χ1v) is 0. The van der Waals surface area contributed by atoms with Gasteiger partial charge in [-0.3, -0.25) is 0 Å². The third-order valence-corrected chi connectivity index (χ3v) is 0. The van der Waals surface area contributed by atoms with Crippen molar-refractivity contribution in [1.29, 1.82) is 0 Å². The van der Waals surface area contributed by atoms with Gasteiger partial charge in [0.15, 0.2) is 0 Å². The Morgan fingerprint density at radius 3 is 0.750 bits per heavy atom. The van der Waals surface area contributed by atoms with Crippen molar-refractivity contribution >= 4 is 81.2 Å². The van der Waals surface area contributed by atoms with Crippen LogP contribution in [-0.2, 0) is 0 Å². The van der Waals surface area contributed by atoms with E-state index in [-0.39, 0.29) is 81.2 Å². The fourth-order valence-corrected chi connectivity index (χ4v) is 0. The van der Waals surface area contributed by atoms with Crippen molar-refractivity contribution in [3.8, 4) is 0 Å². The summed E-state index contributed by atoms with van der Waals surface area (Å²) >= 11 is 0. The Balaban J connectivity index is 0. The zero-order chi connectivity index (χ0) is 0. The quantitative estimate of drug-likeness (QED) is 0.375. The van der Waals surface area contributed by atoms with Crippen LogP contribution in [0, 0.1) is 0 Å². The minimum absolute atomic E-state index is 0. The van der Waals surface area contributed by atoms with Crippen LogP contribution in [0.5, 0.6) is 0 Å². The summed E-state index contributed by atoms with van der Waals surface area (Å²) < 4.78 is 0. The van der Waals surface area contributed by atoms with Gasteiger partial charge in [-0.2, -0.15) is 0 Å². The molecule has 0 aromatic rings. The summed E-state index contributed by atoms with van der Waals surface area (Å²) in [7, 11) is 0. The van der Waals surface area contributed by atoms with E-state index in [1.807, 2.05) is 0 Å². The van der Waals surface area contributed by atoms with E-state index in [4.69, 9.17) is 0 Å². The van der Waals surface area contributed by atoms with Crippen LogP contribution in [0.25, 0.3) is 0 Å². The van der Waals surface area contributed by atoms with Crippen LogP contribution < -0.4 is 0 Å². The monoisotopic (exact) mass is 437 g/mol. The molecule has 0 aromatic carbocycles. The molecule has 0 aliphatic rings. The zero-order valence-electron chi connectivity index (χ0n) is 1.39. The first kappa shape index (κ1) is 30.6. The molecule has 0 atom stereocenters.